The highest BCUT2D eigenvalue weighted by Gasteiger charge is 2.44. The maximum Gasteiger partial charge on any atom is 0.317 e. The van der Waals surface area contributed by atoms with Gasteiger partial charge in [-0.2, -0.15) is 0 Å². The topological polar surface area (TPSA) is 92.8 Å². The van der Waals surface area contributed by atoms with Crippen molar-refractivity contribution >= 4 is 29.3 Å². The van der Waals surface area contributed by atoms with Gasteiger partial charge in [0.15, 0.2) is 12.4 Å². The summed E-state index contributed by atoms with van der Waals surface area (Å²) in [6, 6.07) is 15.9. The summed E-state index contributed by atoms with van der Waals surface area (Å²) in [6.45, 7) is 3.82. The molecule has 0 unspecified atom stereocenters. The molecule has 1 N–H and O–H groups in total. The van der Waals surface area contributed by atoms with Crippen molar-refractivity contribution in [3.8, 4) is 0 Å². The van der Waals surface area contributed by atoms with Gasteiger partial charge in [0, 0.05) is 37.7 Å². The minimum atomic E-state index is -0.887. The van der Waals surface area contributed by atoms with E-state index in [2.05, 4.69) is 5.32 Å². The molecule has 0 aromatic heterocycles. The van der Waals surface area contributed by atoms with Crippen molar-refractivity contribution in [1.82, 2.24) is 4.90 Å². The molecule has 2 aromatic carbocycles. The average molecular weight is 437 g/mol. The summed E-state index contributed by atoms with van der Waals surface area (Å²) in [4.78, 5) is 50.7. The number of carbonyl (C=O) groups is 4. The Bertz CT molecular complexity index is 977. The molecule has 0 aliphatic carbocycles. The summed E-state index contributed by atoms with van der Waals surface area (Å²) < 4.78 is 5.50. The standard InChI is InChI=1S/C25H28N2O5/c1-3-23(30)26-21-11-9-19(10-12-21)22(29)17-32-24(31)25(20-7-5-4-6-8-20)13-15-27(16-14-25)18(2)28/h4-12H,3,13-17H2,1-2H3,(H,26,30). The molecule has 7 heteroatoms. The third-order valence-corrected chi connectivity index (χ3v) is 5.93. The predicted molar refractivity (Wildman–Crippen MR) is 120 cm³/mol. The van der Waals surface area contributed by atoms with Crippen molar-refractivity contribution in [1.29, 1.82) is 0 Å². The summed E-state index contributed by atoms with van der Waals surface area (Å²) in [7, 11) is 0. The number of amides is 2. The van der Waals surface area contributed by atoms with Gasteiger partial charge in [-0.3, -0.25) is 19.2 Å². The molecule has 3 rings (SSSR count). The summed E-state index contributed by atoms with van der Waals surface area (Å²) in [5.74, 6) is -0.906. The number of esters is 1. The molecular weight excluding hydrogens is 408 g/mol. The van der Waals surface area contributed by atoms with Crippen LogP contribution >= 0.6 is 0 Å². The first kappa shape index (κ1) is 23.2. The number of ketones is 1. The minimum absolute atomic E-state index is 0.0196. The van der Waals surface area contributed by atoms with Crippen LogP contribution in [0.15, 0.2) is 54.6 Å². The second-order valence-corrected chi connectivity index (χ2v) is 7.93. The summed E-state index contributed by atoms with van der Waals surface area (Å²) in [6.07, 6.45) is 1.24. The SMILES string of the molecule is CCC(=O)Nc1ccc(C(=O)COC(=O)C2(c3ccccc3)CCN(C(C)=O)CC2)cc1. The van der Waals surface area contributed by atoms with E-state index in [-0.39, 0.29) is 24.2 Å². The Balaban J connectivity index is 1.68. The van der Waals surface area contributed by atoms with Crippen molar-refractivity contribution in [2.45, 2.75) is 38.5 Å². The van der Waals surface area contributed by atoms with Crippen LogP contribution in [0.3, 0.4) is 0 Å². The number of likely N-dealkylation sites (tertiary alicyclic amines) is 1. The Morgan fingerprint density at radius 3 is 2.16 bits per heavy atom. The fraction of sp³-hybridized carbons (Fsp3) is 0.360. The quantitative estimate of drug-likeness (QED) is 0.531. The molecule has 1 aliphatic rings. The van der Waals surface area contributed by atoms with Crippen LogP contribution in [-0.4, -0.2) is 48.2 Å². The Hall–Kier alpha value is -3.48. The fourth-order valence-electron chi connectivity index (χ4n) is 3.91. The van der Waals surface area contributed by atoms with Crippen LogP contribution in [0.1, 0.15) is 49.0 Å². The van der Waals surface area contributed by atoms with Crippen LogP contribution in [0, 0.1) is 0 Å². The predicted octanol–water partition coefficient (Wildman–Crippen LogP) is 3.34. The molecule has 1 heterocycles. The normalized spacial score (nSPS) is 15.0. The Labute approximate surface area is 187 Å². The molecule has 1 fully saturated rings. The van der Waals surface area contributed by atoms with Crippen molar-refractivity contribution in [2.75, 3.05) is 25.0 Å². The van der Waals surface area contributed by atoms with Crippen molar-refractivity contribution in [3.05, 3.63) is 65.7 Å². The lowest BCUT2D eigenvalue weighted by Crippen LogP contribution is -2.49. The first-order valence-electron chi connectivity index (χ1n) is 10.8. The molecule has 0 atom stereocenters. The van der Waals surface area contributed by atoms with Crippen molar-refractivity contribution in [3.63, 3.8) is 0 Å². The van der Waals surface area contributed by atoms with Crippen molar-refractivity contribution in [2.24, 2.45) is 0 Å². The molecule has 2 amide bonds. The number of piperidine rings is 1. The smallest absolute Gasteiger partial charge is 0.317 e. The van der Waals surface area contributed by atoms with Gasteiger partial charge in [0.2, 0.25) is 11.8 Å². The number of benzene rings is 2. The summed E-state index contributed by atoms with van der Waals surface area (Å²) in [5.41, 5.74) is 0.941. The second kappa shape index (κ2) is 10.2. The number of hydrogen-bond donors (Lipinski definition) is 1. The third-order valence-electron chi connectivity index (χ3n) is 5.93. The first-order valence-corrected chi connectivity index (χ1v) is 10.8. The minimum Gasteiger partial charge on any atom is -0.457 e. The average Bonchev–Trinajstić information content (AvgIpc) is 2.83. The largest absolute Gasteiger partial charge is 0.457 e. The Morgan fingerprint density at radius 1 is 0.969 bits per heavy atom. The zero-order chi connectivity index (χ0) is 23.1. The Morgan fingerprint density at radius 2 is 1.59 bits per heavy atom. The monoisotopic (exact) mass is 436 g/mol. The number of rotatable bonds is 7. The highest BCUT2D eigenvalue weighted by atomic mass is 16.5. The molecule has 168 valence electrons. The van der Waals surface area contributed by atoms with E-state index in [1.165, 1.54) is 6.92 Å². The number of Topliss-reactive ketones (excluding diaryl/α,β-unsaturated/α-hetero) is 1. The molecule has 2 aromatic rings. The maximum absolute atomic E-state index is 13.2. The van der Waals surface area contributed by atoms with E-state index in [0.717, 1.165) is 5.56 Å². The van der Waals surface area contributed by atoms with E-state index in [9.17, 15) is 19.2 Å². The first-order chi connectivity index (χ1) is 15.4. The Kier molecular flexibility index (Phi) is 7.41. The molecule has 7 nitrogen and oxygen atoms in total. The van der Waals surface area contributed by atoms with Gasteiger partial charge in [0.1, 0.15) is 0 Å². The van der Waals surface area contributed by atoms with Crippen LogP contribution in [0.4, 0.5) is 5.69 Å². The number of nitrogens with one attached hydrogen (secondary N) is 1. The lowest BCUT2D eigenvalue weighted by atomic mass is 9.72. The maximum atomic E-state index is 13.2. The van der Waals surface area contributed by atoms with Gasteiger partial charge in [-0.25, -0.2) is 0 Å². The summed E-state index contributed by atoms with van der Waals surface area (Å²) in [5, 5.41) is 2.72. The van der Waals surface area contributed by atoms with E-state index in [0.29, 0.717) is 43.6 Å². The third kappa shape index (κ3) is 5.22. The molecule has 0 saturated carbocycles. The van der Waals surface area contributed by atoms with E-state index in [1.807, 2.05) is 30.3 Å². The van der Waals surface area contributed by atoms with Crippen LogP contribution in [0.2, 0.25) is 0 Å². The zero-order valence-electron chi connectivity index (χ0n) is 18.4. The van der Waals surface area contributed by atoms with Gasteiger partial charge < -0.3 is 15.0 Å². The number of hydrogen-bond acceptors (Lipinski definition) is 5. The molecule has 0 radical (unpaired) electrons. The van der Waals surface area contributed by atoms with Crippen LogP contribution in [-0.2, 0) is 24.5 Å². The lowest BCUT2D eigenvalue weighted by molar-refractivity contribution is -0.153. The number of nitrogens with zero attached hydrogens (tertiary/aromatic N) is 1. The van der Waals surface area contributed by atoms with Crippen molar-refractivity contribution < 1.29 is 23.9 Å². The lowest BCUT2D eigenvalue weighted by Gasteiger charge is -2.40. The van der Waals surface area contributed by atoms with Gasteiger partial charge in [-0.15, -0.1) is 0 Å². The van der Waals surface area contributed by atoms with Crippen LogP contribution in [0.5, 0.6) is 0 Å². The van der Waals surface area contributed by atoms with E-state index >= 15 is 0 Å². The van der Waals surface area contributed by atoms with Gasteiger partial charge >= 0.3 is 5.97 Å². The van der Waals surface area contributed by atoms with Gasteiger partial charge in [0.25, 0.3) is 0 Å². The van der Waals surface area contributed by atoms with E-state index in [4.69, 9.17) is 4.74 Å². The molecular formula is C25H28N2O5. The molecule has 0 spiro atoms. The van der Waals surface area contributed by atoms with Gasteiger partial charge in [-0.1, -0.05) is 37.3 Å². The number of carbonyl (C=O) groups excluding carboxylic acids is 4. The second-order valence-electron chi connectivity index (χ2n) is 7.93. The molecule has 1 saturated heterocycles. The van der Waals surface area contributed by atoms with E-state index < -0.39 is 11.4 Å². The molecule has 32 heavy (non-hydrogen) atoms. The summed E-state index contributed by atoms with van der Waals surface area (Å²) >= 11 is 0. The highest BCUT2D eigenvalue weighted by Crippen LogP contribution is 2.37. The van der Waals surface area contributed by atoms with Gasteiger partial charge in [-0.05, 0) is 42.7 Å². The number of ether oxygens (including phenoxy) is 1. The highest BCUT2D eigenvalue weighted by molar-refractivity contribution is 5.99. The zero-order valence-corrected chi connectivity index (χ0v) is 18.4. The van der Waals surface area contributed by atoms with Crippen LogP contribution in [0.25, 0.3) is 0 Å². The molecule has 1 aliphatic heterocycles. The van der Waals surface area contributed by atoms with Crippen LogP contribution < -0.4 is 5.32 Å². The van der Waals surface area contributed by atoms with Gasteiger partial charge in [0.05, 0.1) is 5.41 Å². The van der Waals surface area contributed by atoms with E-state index in [1.54, 1.807) is 36.1 Å². The number of anilines is 1. The fourth-order valence-corrected chi connectivity index (χ4v) is 3.91. The molecule has 0 bridgehead atoms.